The third-order valence-corrected chi connectivity index (χ3v) is 4.85. The molecule has 1 aromatic carbocycles. The number of guanidine groups is 1. The lowest BCUT2D eigenvalue weighted by atomic mass is 10.2. The van der Waals surface area contributed by atoms with Gasteiger partial charge in [0.1, 0.15) is 5.75 Å². The van der Waals surface area contributed by atoms with E-state index in [4.69, 9.17) is 4.74 Å². The van der Waals surface area contributed by atoms with E-state index in [0.29, 0.717) is 12.5 Å². The van der Waals surface area contributed by atoms with Gasteiger partial charge >= 0.3 is 0 Å². The third-order valence-electron chi connectivity index (χ3n) is 3.66. The van der Waals surface area contributed by atoms with Crippen LogP contribution < -0.4 is 15.4 Å². The van der Waals surface area contributed by atoms with Crippen molar-refractivity contribution in [2.75, 3.05) is 20.2 Å². The van der Waals surface area contributed by atoms with Crippen molar-refractivity contribution < 1.29 is 4.74 Å². The van der Waals surface area contributed by atoms with Crippen molar-refractivity contribution in [2.24, 2.45) is 4.99 Å². The third kappa shape index (κ3) is 7.49. The van der Waals surface area contributed by atoms with Crippen molar-refractivity contribution in [3.63, 3.8) is 0 Å². The van der Waals surface area contributed by atoms with E-state index in [1.165, 1.54) is 5.01 Å². The second-order valence-corrected chi connectivity index (χ2v) is 6.94. The van der Waals surface area contributed by atoms with Crippen molar-refractivity contribution in [1.82, 2.24) is 15.6 Å². The first-order valence-electron chi connectivity index (χ1n) is 8.71. The van der Waals surface area contributed by atoms with Gasteiger partial charge in [-0.3, -0.25) is 0 Å². The van der Waals surface area contributed by atoms with E-state index in [1.54, 1.807) is 18.4 Å². The molecule has 2 aromatic rings. The van der Waals surface area contributed by atoms with Crippen molar-refractivity contribution in [3.05, 3.63) is 45.9 Å². The van der Waals surface area contributed by atoms with Crippen LogP contribution in [-0.2, 0) is 13.0 Å². The maximum atomic E-state index is 5.18. The smallest absolute Gasteiger partial charge is 0.191 e. The molecule has 0 aliphatic heterocycles. The summed E-state index contributed by atoms with van der Waals surface area (Å²) in [5.41, 5.74) is 2.30. The standard InChI is InChI=1S/C19H28N4OS.HI/c1-5-20-19(22-12-15-6-8-17(24-4)9-7-15)21-11-10-16-13-25-18(23-16)14(2)3;/h6-9,13-14H,5,10-12H2,1-4H3,(H2,20,21,22);1H. The fraction of sp³-hybridized carbons (Fsp3) is 0.474. The fourth-order valence-electron chi connectivity index (χ4n) is 2.25. The molecular formula is C19H29IN4OS. The number of nitrogens with one attached hydrogen (secondary N) is 2. The maximum Gasteiger partial charge on any atom is 0.191 e. The number of nitrogens with zero attached hydrogens (tertiary/aromatic N) is 2. The molecule has 0 spiro atoms. The van der Waals surface area contributed by atoms with Crippen LogP contribution in [-0.4, -0.2) is 31.1 Å². The molecule has 0 amide bonds. The van der Waals surface area contributed by atoms with Crippen LogP contribution in [0.2, 0.25) is 0 Å². The summed E-state index contributed by atoms with van der Waals surface area (Å²) in [5, 5.41) is 10.0. The summed E-state index contributed by atoms with van der Waals surface area (Å²) in [6, 6.07) is 7.99. The largest absolute Gasteiger partial charge is 0.497 e. The Kier molecular flexibility index (Phi) is 10.6. The Hall–Kier alpha value is -1.35. The predicted molar refractivity (Wildman–Crippen MR) is 121 cm³/mol. The van der Waals surface area contributed by atoms with Crippen LogP contribution in [0.3, 0.4) is 0 Å². The molecule has 144 valence electrons. The zero-order valence-electron chi connectivity index (χ0n) is 15.9. The van der Waals surface area contributed by atoms with E-state index >= 15 is 0 Å². The van der Waals surface area contributed by atoms with Crippen molar-refractivity contribution in [3.8, 4) is 5.75 Å². The van der Waals surface area contributed by atoms with E-state index in [2.05, 4.69) is 46.8 Å². The van der Waals surface area contributed by atoms with Gasteiger partial charge < -0.3 is 15.4 Å². The molecule has 0 radical (unpaired) electrons. The van der Waals surface area contributed by atoms with Gasteiger partial charge in [0.15, 0.2) is 5.96 Å². The molecule has 0 unspecified atom stereocenters. The summed E-state index contributed by atoms with van der Waals surface area (Å²) >= 11 is 1.74. The van der Waals surface area contributed by atoms with Gasteiger partial charge in [0.25, 0.3) is 0 Å². The zero-order valence-corrected chi connectivity index (χ0v) is 19.1. The molecule has 2 rings (SSSR count). The zero-order chi connectivity index (χ0) is 18.1. The molecule has 7 heteroatoms. The maximum absolute atomic E-state index is 5.18. The Morgan fingerprint density at radius 1 is 1.23 bits per heavy atom. The number of hydrogen-bond acceptors (Lipinski definition) is 4. The van der Waals surface area contributed by atoms with Crippen molar-refractivity contribution in [1.29, 1.82) is 0 Å². The molecular weight excluding hydrogens is 459 g/mol. The van der Waals surface area contributed by atoms with E-state index in [9.17, 15) is 0 Å². The number of rotatable bonds is 8. The van der Waals surface area contributed by atoms with Gasteiger partial charge in [-0.1, -0.05) is 26.0 Å². The van der Waals surface area contributed by atoms with Crippen molar-refractivity contribution >= 4 is 41.3 Å². The minimum atomic E-state index is 0. The summed E-state index contributed by atoms with van der Waals surface area (Å²) in [4.78, 5) is 9.31. The highest BCUT2D eigenvalue weighted by Crippen LogP contribution is 2.19. The number of aliphatic imine (C=N–C) groups is 1. The summed E-state index contributed by atoms with van der Waals surface area (Å²) in [5.74, 6) is 2.19. The average molecular weight is 488 g/mol. The van der Waals surface area contributed by atoms with Crippen LogP contribution in [0.4, 0.5) is 0 Å². The molecule has 5 nitrogen and oxygen atoms in total. The first kappa shape index (κ1) is 22.7. The highest BCUT2D eigenvalue weighted by atomic mass is 127. The van der Waals surface area contributed by atoms with Crippen LogP contribution in [0.1, 0.15) is 43.0 Å². The molecule has 2 N–H and O–H groups in total. The number of hydrogen-bond donors (Lipinski definition) is 2. The number of aromatic nitrogens is 1. The second-order valence-electron chi connectivity index (χ2n) is 6.05. The number of methoxy groups -OCH3 is 1. The highest BCUT2D eigenvalue weighted by Gasteiger charge is 2.06. The van der Waals surface area contributed by atoms with Crippen molar-refractivity contribution in [2.45, 2.75) is 39.7 Å². The number of ether oxygens (including phenoxy) is 1. The van der Waals surface area contributed by atoms with Gasteiger partial charge in [-0.2, -0.15) is 0 Å². The van der Waals surface area contributed by atoms with E-state index in [1.807, 2.05) is 24.3 Å². The summed E-state index contributed by atoms with van der Waals surface area (Å²) in [7, 11) is 1.67. The van der Waals surface area contributed by atoms with Gasteiger partial charge in [-0.05, 0) is 24.6 Å². The number of benzene rings is 1. The lowest BCUT2D eigenvalue weighted by Crippen LogP contribution is -2.38. The molecule has 0 aliphatic carbocycles. The SMILES string of the molecule is CCNC(=NCc1ccc(OC)cc1)NCCc1csc(C(C)C)n1.I. The molecule has 0 fully saturated rings. The molecule has 0 aliphatic rings. The monoisotopic (exact) mass is 488 g/mol. The van der Waals surface area contributed by atoms with Gasteiger partial charge in [0, 0.05) is 30.8 Å². The molecule has 1 aromatic heterocycles. The van der Waals surface area contributed by atoms with Gasteiger partial charge in [0.05, 0.1) is 24.4 Å². The molecule has 1 heterocycles. The first-order valence-corrected chi connectivity index (χ1v) is 9.59. The Bertz CT molecular complexity index is 670. The highest BCUT2D eigenvalue weighted by molar-refractivity contribution is 14.0. The van der Waals surface area contributed by atoms with E-state index in [-0.39, 0.29) is 24.0 Å². The minimum Gasteiger partial charge on any atom is -0.497 e. The fourth-order valence-corrected chi connectivity index (χ4v) is 3.12. The van der Waals surface area contributed by atoms with E-state index in [0.717, 1.165) is 42.5 Å². The van der Waals surface area contributed by atoms with Gasteiger partial charge in [-0.15, -0.1) is 35.3 Å². The van der Waals surface area contributed by atoms with Gasteiger partial charge in [-0.25, -0.2) is 9.98 Å². The normalized spacial score (nSPS) is 11.2. The van der Waals surface area contributed by atoms with Crippen LogP contribution in [0.5, 0.6) is 5.75 Å². The van der Waals surface area contributed by atoms with Crippen LogP contribution in [0.25, 0.3) is 0 Å². The average Bonchev–Trinajstić information content (AvgIpc) is 3.09. The first-order chi connectivity index (χ1) is 12.1. The summed E-state index contributed by atoms with van der Waals surface area (Å²) in [6.07, 6.45) is 0.899. The topological polar surface area (TPSA) is 58.5 Å². The number of halogens is 1. The Morgan fingerprint density at radius 2 is 1.96 bits per heavy atom. The number of thiazole rings is 1. The molecule has 0 bridgehead atoms. The van der Waals surface area contributed by atoms with E-state index < -0.39 is 0 Å². The van der Waals surface area contributed by atoms with Crippen LogP contribution >= 0.6 is 35.3 Å². The van der Waals surface area contributed by atoms with Crippen LogP contribution in [0, 0.1) is 0 Å². The molecule has 0 atom stereocenters. The van der Waals surface area contributed by atoms with Crippen LogP contribution in [0.15, 0.2) is 34.6 Å². The minimum absolute atomic E-state index is 0. The summed E-state index contributed by atoms with van der Waals surface area (Å²) < 4.78 is 5.18. The summed E-state index contributed by atoms with van der Waals surface area (Å²) in [6.45, 7) is 8.71. The molecule has 26 heavy (non-hydrogen) atoms. The van der Waals surface area contributed by atoms with Gasteiger partial charge in [0.2, 0.25) is 0 Å². The Balaban J connectivity index is 0.00000338. The second kappa shape index (κ2) is 12.1. The predicted octanol–water partition coefficient (Wildman–Crippen LogP) is 4.19. The Labute approximate surface area is 177 Å². The Morgan fingerprint density at radius 3 is 2.54 bits per heavy atom. The lowest BCUT2D eigenvalue weighted by molar-refractivity contribution is 0.414. The molecule has 0 saturated heterocycles. The lowest BCUT2D eigenvalue weighted by Gasteiger charge is -2.11. The quantitative estimate of drug-likeness (QED) is 0.333. The molecule has 0 saturated carbocycles.